The molecule has 0 spiro atoms. The van der Waals surface area contributed by atoms with Crippen molar-refractivity contribution in [2.45, 2.75) is 25.9 Å². The quantitative estimate of drug-likeness (QED) is 0.629. The molecule has 0 aliphatic carbocycles. The summed E-state index contributed by atoms with van der Waals surface area (Å²) >= 11 is 5.95. The van der Waals surface area contributed by atoms with Gasteiger partial charge in [-0.25, -0.2) is 0 Å². The van der Waals surface area contributed by atoms with E-state index >= 15 is 0 Å². The number of hydrogen-bond acceptors (Lipinski definition) is 3. The highest BCUT2D eigenvalue weighted by atomic mass is 35.5. The number of halogens is 4. The van der Waals surface area contributed by atoms with Gasteiger partial charge >= 0.3 is 6.18 Å². The molecule has 0 saturated heterocycles. The second-order valence-corrected chi connectivity index (χ2v) is 6.33. The van der Waals surface area contributed by atoms with Gasteiger partial charge < -0.3 is 4.74 Å². The monoisotopic (exact) mass is 380 g/mol. The van der Waals surface area contributed by atoms with Crippen LogP contribution in [0.4, 0.5) is 13.2 Å². The Labute approximate surface area is 153 Å². The van der Waals surface area contributed by atoms with Crippen LogP contribution >= 0.6 is 11.6 Å². The van der Waals surface area contributed by atoms with E-state index in [1.54, 1.807) is 19.2 Å². The van der Waals surface area contributed by atoms with Crippen LogP contribution in [0, 0.1) is 0 Å². The molecule has 0 atom stereocenters. The third-order valence-corrected chi connectivity index (χ3v) is 4.19. The predicted octanol–water partition coefficient (Wildman–Crippen LogP) is 5.64. The van der Waals surface area contributed by atoms with Crippen LogP contribution in [0.5, 0.6) is 0 Å². The molecule has 3 rings (SSSR count). The molecular formula is C19H16ClF3N2O. The fraction of sp³-hybridized carbons (Fsp3) is 0.263. The lowest BCUT2D eigenvalue weighted by atomic mass is 10.0. The van der Waals surface area contributed by atoms with Crippen LogP contribution in [-0.4, -0.2) is 23.5 Å². The molecule has 2 heterocycles. The van der Waals surface area contributed by atoms with Crippen molar-refractivity contribution in [3.8, 4) is 0 Å². The maximum atomic E-state index is 13.3. The number of aliphatic imine (C=N–C) groups is 1. The molecule has 0 radical (unpaired) electrons. The number of hydrogen-bond donors (Lipinski definition) is 0. The zero-order valence-corrected chi connectivity index (χ0v) is 14.8. The summed E-state index contributed by atoms with van der Waals surface area (Å²) in [5, 5.41) is 1.33. The molecule has 1 aromatic carbocycles. The molecule has 26 heavy (non-hydrogen) atoms. The molecule has 7 heteroatoms. The Bertz CT molecular complexity index is 932. The van der Waals surface area contributed by atoms with Crippen molar-refractivity contribution in [3.05, 3.63) is 64.7 Å². The van der Waals surface area contributed by atoms with Crippen LogP contribution in [0.1, 0.15) is 18.9 Å². The van der Waals surface area contributed by atoms with Crippen molar-refractivity contribution in [1.82, 2.24) is 4.98 Å². The number of benzene rings is 1. The summed E-state index contributed by atoms with van der Waals surface area (Å²) < 4.78 is 45.0. The Hall–Kier alpha value is -2.34. The van der Waals surface area contributed by atoms with Gasteiger partial charge in [0.25, 0.3) is 0 Å². The van der Waals surface area contributed by atoms with Gasteiger partial charge in [-0.15, -0.1) is 0 Å². The van der Waals surface area contributed by atoms with Crippen LogP contribution in [-0.2, 0) is 11.2 Å². The molecule has 0 unspecified atom stereocenters. The minimum atomic E-state index is -4.54. The van der Waals surface area contributed by atoms with E-state index in [1.807, 2.05) is 18.2 Å². The molecule has 3 nitrogen and oxygen atoms in total. The molecule has 1 aromatic heterocycles. The molecule has 0 bridgehead atoms. The zero-order chi connectivity index (χ0) is 18.9. The number of fused-ring (bicyclic) bond motifs is 1. The summed E-state index contributed by atoms with van der Waals surface area (Å²) in [5.41, 5.74) is 1.11. The lowest BCUT2D eigenvalue weighted by molar-refractivity contribution is -0.0929. The van der Waals surface area contributed by atoms with E-state index in [9.17, 15) is 13.2 Å². The van der Waals surface area contributed by atoms with E-state index < -0.39 is 11.9 Å². The molecule has 1 aliphatic rings. The number of nitrogens with zero attached hydrogens (tertiary/aromatic N) is 2. The summed E-state index contributed by atoms with van der Waals surface area (Å²) in [6.07, 6.45) is -2.63. The molecule has 0 fully saturated rings. The first-order chi connectivity index (χ1) is 12.3. The van der Waals surface area contributed by atoms with Crippen LogP contribution in [0.2, 0.25) is 5.02 Å². The fourth-order valence-electron chi connectivity index (χ4n) is 2.88. The van der Waals surface area contributed by atoms with E-state index in [4.69, 9.17) is 16.3 Å². The SMILES string of the molecule is C=C(OCC)C1=C(C(F)(F)F)N=C(Cc2ccc3ncc(Cl)cc3c2)C1. The fourth-order valence-corrected chi connectivity index (χ4v) is 3.05. The number of rotatable bonds is 5. The van der Waals surface area contributed by atoms with Crippen LogP contribution < -0.4 is 0 Å². The molecule has 2 aromatic rings. The number of allylic oxidation sites excluding steroid dienone is 2. The average molecular weight is 381 g/mol. The van der Waals surface area contributed by atoms with Crippen molar-refractivity contribution in [1.29, 1.82) is 0 Å². The minimum absolute atomic E-state index is 0.000139. The Balaban J connectivity index is 1.86. The Morgan fingerprint density at radius 1 is 1.31 bits per heavy atom. The number of pyridine rings is 1. The van der Waals surface area contributed by atoms with Gasteiger partial charge in [-0.2, -0.15) is 13.2 Å². The van der Waals surface area contributed by atoms with Gasteiger partial charge in [0.1, 0.15) is 5.76 Å². The number of ether oxygens (including phenoxy) is 1. The van der Waals surface area contributed by atoms with E-state index in [0.717, 1.165) is 16.5 Å². The van der Waals surface area contributed by atoms with Crippen molar-refractivity contribution >= 4 is 28.2 Å². The second kappa shape index (κ2) is 7.11. The number of aromatic nitrogens is 1. The van der Waals surface area contributed by atoms with Crippen LogP contribution in [0.15, 0.2) is 59.1 Å². The lowest BCUT2D eigenvalue weighted by Gasteiger charge is -2.11. The first-order valence-electron chi connectivity index (χ1n) is 8.01. The summed E-state index contributed by atoms with van der Waals surface area (Å²) in [6, 6.07) is 7.27. The number of alkyl halides is 3. The third-order valence-electron chi connectivity index (χ3n) is 3.98. The first-order valence-corrected chi connectivity index (χ1v) is 8.38. The maximum absolute atomic E-state index is 13.3. The minimum Gasteiger partial charge on any atom is -0.494 e. The van der Waals surface area contributed by atoms with Crippen molar-refractivity contribution in [2.24, 2.45) is 4.99 Å². The summed E-state index contributed by atoms with van der Waals surface area (Å²) in [6.45, 7) is 5.56. The van der Waals surface area contributed by atoms with Gasteiger partial charge in [-0.1, -0.05) is 24.2 Å². The summed E-state index contributed by atoms with van der Waals surface area (Å²) in [7, 11) is 0. The van der Waals surface area contributed by atoms with E-state index in [-0.39, 0.29) is 24.4 Å². The maximum Gasteiger partial charge on any atom is 0.433 e. The average Bonchev–Trinajstić information content (AvgIpc) is 2.99. The highest BCUT2D eigenvalue weighted by Crippen LogP contribution is 2.38. The van der Waals surface area contributed by atoms with Crippen molar-refractivity contribution < 1.29 is 17.9 Å². The van der Waals surface area contributed by atoms with Crippen LogP contribution in [0.25, 0.3) is 10.9 Å². The highest BCUT2D eigenvalue weighted by molar-refractivity contribution is 6.31. The van der Waals surface area contributed by atoms with Gasteiger partial charge in [-0.3, -0.25) is 9.98 Å². The first kappa shape index (κ1) is 18.5. The highest BCUT2D eigenvalue weighted by Gasteiger charge is 2.40. The standard InChI is InChI=1S/C19H16ClF3N2O/c1-3-26-11(2)16-9-15(25-18(16)19(21,22)23)7-12-4-5-17-13(6-12)8-14(20)10-24-17/h4-6,8,10H,2-3,7,9H2,1H3. The van der Waals surface area contributed by atoms with Gasteiger partial charge in [0.2, 0.25) is 0 Å². The molecule has 1 aliphatic heterocycles. The van der Waals surface area contributed by atoms with E-state index in [2.05, 4.69) is 16.6 Å². The van der Waals surface area contributed by atoms with Gasteiger partial charge in [-0.05, 0) is 30.7 Å². The second-order valence-electron chi connectivity index (χ2n) is 5.89. The largest absolute Gasteiger partial charge is 0.494 e. The Kier molecular flexibility index (Phi) is 5.05. The van der Waals surface area contributed by atoms with E-state index in [0.29, 0.717) is 17.2 Å². The van der Waals surface area contributed by atoms with E-state index in [1.165, 1.54) is 0 Å². The third kappa shape index (κ3) is 3.90. The van der Waals surface area contributed by atoms with Gasteiger partial charge in [0, 0.05) is 35.7 Å². The Morgan fingerprint density at radius 2 is 2.08 bits per heavy atom. The van der Waals surface area contributed by atoms with Crippen molar-refractivity contribution in [3.63, 3.8) is 0 Å². The molecule has 0 amide bonds. The molecule has 0 N–H and O–H groups in total. The Morgan fingerprint density at radius 3 is 2.77 bits per heavy atom. The van der Waals surface area contributed by atoms with Gasteiger partial charge in [0.05, 0.1) is 17.1 Å². The van der Waals surface area contributed by atoms with Gasteiger partial charge in [0.15, 0.2) is 5.70 Å². The normalized spacial score (nSPS) is 14.7. The predicted molar refractivity (Wildman–Crippen MR) is 96.4 cm³/mol. The topological polar surface area (TPSA) is 34.5 Å². The molecule has 136 valence electrons. The van der Waals surface area contributed by atoms with Crippen molar-refractivity contribution in [2.75, 3.05) is 6.61 Å². The zero-order valence-electron chi connectivity index (χ0n) is 14.0. The smallest absolute Gasteiger partial charge is 0.433 e. The summed E-state index contributed by atoms with van der Waals surface area (Å²) in [4.78, 5) is 8.03. The molecular weight excluding hydrogens is 365 g/mol. The summed E-state index contributed by atoms with van der Waals surface area (Å²) in [5.74, 6) is 0.0214. The lowest BCUT2D eigenvalue weighted by Crippen LogP contribution is -2.12. The molecule has 0 saturated carbocycles. The van der Waals surface area contributed by atoms with Crippen LogP contribution in [0.3, 0.4) is 0 Å².